The zero-order valence-corrected chi connectivity index (χ0v) is 17.5. The van der Waals surface area contributed by atoms with Crippen LogP contribution in [0.5, 0.6) is 11.5 Å². The molecule has 29 heavy (non-hydrogen) atoms. The van der Waals surface area contributed by atoms with E-state index in [0.717, 1.165) is 41.0 Å². The molecule has 2 aromatic carbocycles. The largest absolute Gasteiger partial charge is 0.497 e. The first kappa shape index (κ1) is 20.7. The highest BCUT2D eigenvalue weighted by Crippen LogP contribution is 2.38. The van der Waals surface area contributed by atoms with Gasteiger partial charge >= 0.3 is 0 Å². The first-order valence-electron chi connectivity index (χ1n) is 9.81. The van der Waals surface area contributed by atoms with Crippen molar-refractivity contribution in [1.29, 1.82) is 0 Å². The molecule has 1 saturated heterocycles. The van der Waals surface area contributed by atoms with Crippen LogP contribution in [0.25, 0.3) is 0 Å². The van der Waals surface area contributed by atoms with Crippen molar-refractivity contribution in [2.24, 2.45) is 0 Å². The van der Waals surface area contributed by atoms with Crippen LogP contribution in [0.15, 0.2) is 36.4 Å². The highest BCUT2D eigenvalue weighted by Gasteiger charge is 2.32. The summed E-state index contributed by atoms with van der Waals surface area (Å²) in [5, 5.41) is 2.77. The van der Waals surface area contributed by atoms with Crippen LogP contribution in [0.1, 0.15) is 45.9 Å². The molecule has 0 aliphatic carbocycles. The number of aryl methyl sites for hydroxylation is 2. The Balaban J connectivity index is 1.71. The number of methoxy groups -OCH3 is 2. The van der Waals surface area contributed by atoms with Gasteiger partial charge in [0.1, 0.15) is 11.5 Å². The lowest BCUT2D eigenvalue weighted by molar-refractivity contribution is -0.131. The number of likely N-dealkylation sites (tertiary alicyclic amines) is 1. The van der Waals surface area contributed by atoms with E-state index in [4.69, 9.17) is 9.47 Å². The molecule has 1 atom stereocenters. The number of benzene rings is 2. The van der Waals surface area contributed by atoms with Crippen LogP contribution in [0.3, 0.4) is 0 Å². The predicted octanol–water partition coefficient (Wildman–Crippen LogP) is 3.41. The summed E-state index contributed by atoms with van der Waals surface area (Å²) < 4.78 is 10.8. The van der Waals surface area contributed by atoms with E-state index in [-0.39, 0.29) is 24.4 Å². The van der Waals surface area contributed by atoms with Crippen LogP contribution < -0.4 is 14.8 Å². The van der Waals surface area contributed by atoms with Crippen molar-refractivity contribution in [3.05, 3.63) is 58.7 Å². The minimum absolute atomic E-state index is 0.0331. The third kappa shape index (κ3) is 4.70. The lowest BCUT2D eigenvalue weighted by atomic mass is 10.0. The van der Waals surface area contributed by atoms with Gasteiger partial charge in [-0.05, 0) is 57.0 Å². The third-order valence-corrected chi connectivity index (χ3v) is 5.25. The molecule has 6 nitrogen and oxygen atoms in total. The van der Waals surface area contributed by atoms with Crippen molar-refractivity contribution >= 4 is 11.8 Å². The van der Waals surface area contributed by atoms with Crippen molar-refractivity contribution < 1.29 is 19.1 Å². The predicted molar refractivity (Wildman–Crippen MR) is 111 cm³/mol. The Morgan fingerprint density at radius 2 is 1.79 bits per heavy atom. The summed E-state index contributed by atoms with van der Waals surface area (Å²) in [5.74, 6) is 1.12. The average Bonchev–Trinajstić information content (AvgIpc) is 3.20. The quantitative estimate of drug-likeness (QED) is 0.813. The van der Waals surface area contributed by atoms with Gasteiger partial charge in [0.25, 0.3) is 5.91 Å². The summed E-state index contributed by atoms with van der Waals surface area (Å²) in [7, 11) is 3.24. The third-order valence-electron chi connectivity index (χ3n) is 5.25. The van der Waals surface area contributed by atoms with Gasteiger partial charge in [-0.1, -0.05) is 17.2 Å². The Morgan fingerprint density at radius 1 is 1.07 bits per heavy atom. The summed E-state index contributed by atoms with van der Waals surface area (Å²) in [6, 6.07) is 11.2. The van der Waals surface area contributed by atoms with Gasteiger partial charge in [0.05, 0.1) is 26.8 Å². The highest BCUT2D eigenvalue weighted by molar-refractivity contribution is 5.96. The molecule has 0 radical (unpaired) electrons. The number of hydrogen-bond donors (Lipinski definition) is 1. The van der Waals surface area contributed by atoms with E-state index in [1.54, 1.807) is 14.2 Å². The fourth-order valence-corrected chi connectivity index (χ4v) is 3.95. The van der Waals surface area contributed by atoms with Crippen molar-refractivity contribution in [3.63, 3.8) is 0 Å². The molecule has 0 bridgehead atoms. The monoisotopic (exact) mass is 396 g/mol. The van der Waals surface area contributed by atoms with Crippen molar-refractivity contribution in [2.45, 2.75) is 32.7 Å². The first-order valence-corrected chi connectivity index (χ1v) is 9.81. The van der Waals surface area contributed by atoms with Gasteiger partial charge < -0.3 is 19.7 Å². The van der Waals surface area contributed by atoms with Gasteiger partial charge in [0, 0.05) is 17.7 Å². The summed E-state index contributed by atoms with van der Waals surface area (Å²) in [5.41, 5.74) is 3.54. The number of nitrogens with one attached hydrogen (secondary N) is 1. The lowest BCUT2D eigenvalue weighted by Gasteiger charge is -2.27. The molecule has 1 aliphatic heterocycles. The van der Waals surface area contributed by atoms with E-state index in [1.807, 2.05) is 55.1 Å². The molecule has 0 unspecified atom stereocenters. The minimum atomic E-state index is -0.236. The minimum Gasteiger partial charge on any atom is -0.497 e. The van der Waals surface area contributed by atoms with Crippen LogP contribution in [0.2, 0.25) is 0 Å². The molecule has 6 heteroatoms. The SMILES string of the molecule is COc1ccc(OC)c([C@@H]2CCCN2C(=O)CNC(=O)c2cc(C)cc(C)c2)c1. The lowest BCUT2D eigenvalue weighted by Crippen LogP contribution is -2.40. The maximum absolute atomic E-state index is 12.9. The van der Waals surface area contributed by atoms with Crippen LogP contribution in [-0.4, -0.2) is 44.0 Å². The van der Waals surface area contributed by atoms with Crippen molar-refractivity contribution in [2.75, 3.05) is 27.3 Å². The van der Waals surface area contributed by atoms with E-state index < -0.39 is 0 Å². The van der Waals surface area contributed by atoms with Gasteiger partial charge in [0.15, 0.2) is 0 Å². The zero-order chi connectivity index (χ0) is 21.0. The summed E-state index contributed by atoms with van der Waals surface area (Å²) in [4.78, 5) is 27.2. The maximum atomic E-state index is 12.9. The molecular weight excluding hydrogens is 368 g/mol. The molecule has 0 aromatic heterocycles. The molecular formula is C23H28N2O4. The Morgan fingerprint density at radius 3 is 2.45 bits per heavy atom. The first-order chi connectivity index (χ1) is 13.9. The Hall–Kier alpha value is -3.02. The maximum Gasteiger partial charge on any atom is 0.251 e. The van der Waals surface area contributed by atoms with Gasteiger partial charge in [0.2, 0.25) is 5.91 Å². The molecule has 1 N–H and O–H groups in total. The Bertz CT molecular complexity index is 889. The summed E-state index contributed by atoms with van der Waals surface area (Å²) in [6.07, 6.45) is 1.75. The summed E-state index contributed by atoms with van der Waals surface area (Å²) in [6.45, 7) is 4.52. The second kappa shape index (κ2) is 8.99. The number of ether oxygens (including phenoxy) is 2. The van der Waals surface area contributed by atoms with Crippen LogP contribution in [-0.2, 0) is 4.79 Å². The van der Waals surface area contributed by atoms with Gasteiger partial charge in [-0.3, -0.25) is 9.59 Å². The number of nitrogens with zero attached hydrogens (tertiary/aromatic N) is 1. The smallest absolute Gasteiger partial charge is 0.251 e. The summed E-state index contributed by atoms with van der Waals surface area (Å²) >= 11 is 0. The number of hydrogen-bond acceptors (Lipinski definition) is 4. The van der Waals surface area contributed by atoms with Gasteiger partial charge in [-0.15, -0.1) is 0 Å². The van der Waals surface area contributed by atoms with Gasteiger partial charge in [-0.25, -0.2) is 0 Å². The topological polar surface area (TPSA) is 67.9 Å². The van der Waals surface area contributed by atoms with Gasteiger partial charge in [-0.2, -0.15) is 0 Å². The average molecular weight is 396 g/mol. The molecule has 0 spiro atoms. The van der Waals surface area contributed by atoms with E-state index >= 15 is 0 Å². The highest BCUT2D eigenvalue weighted by atomic mass is 16.5. The normalized spacial score (nSPS) is 15.9. The molecule has 0 saturated carbocycles. The van der Waals surface area contributed by atoms with Crippen LogP contribution >= 0.6 is 0 Å². The molecule has 2 amide bonds. The number of amides is 2. The number of rotatable bonds is 6. The molecule has 3 rings (SSSR count). The second-order valence-electron chi connectivity index (χ2n) is 7.41. The fraction of sp³-hybridized carbons (Fsp3) is 0.391. The Kier molecular flexibility index (Phi) is 6.42. The molecule has 2 aromatic rings. The molecule has 1 fully saturated rings. The number of carbonyl (C=O) groups is 2. The van der Waals surface area contributed by atoms with Crippen molar-refractivity contribution in [1.82, 2.24) is 10.2 Å². The van der Waals surface area contributed by atoms with Crippen LogP contribution in [0.4, 0.5) is 0 Å². The Labute approximate surface area is 171 Å². The molecule has 154 valence electrons. The van der Waals surface area contributed by atoms with Crippen LogP contribution in [0, 0.1) is 13.8 Å². The van der Waals surface area contributed by atoms with E-state index in [2.05, 4.69) is 5.32 Å². The second-order valence-corrected chi connectivity index (χ2v) is 7.41. The van der Waals surface area contributed by atoms with E-state index in [0.29, 0.717) is 12.1 Å². The zero-order valence-electron chi connectivity index (χ0n) is 17.5. The molecule has 1 aliphatic rings. The van der Waals surface area contributed by atoms with E-state index in [1.165, 1.54) is 0 Å². The van der Waals surface area contributed by atoms with Crippen molar-refractivity contribution in [3.8, 4) is 11.5 Å². The fourth-order valence-electron chi connectivity index (χ4n) is 3.95. The van der Waals surface area contributed by atoms with E-state index in [9.17, 15) is 9.59 Å². The number of carbonyl (C=O) groups excluding carboxylic acids is 2. The standard InChI is InChI=1S/C23H28N2O4/c1-15-10-16(2)12-17(11-15)23(27)24-14-22(26)25-9-5-6-20(25)19-13-18(28-3)7-8-21(19)29-4/h7-8,10-13,20H,5-6,9,14H2,1-4H3,(H,24,27)/t20-/m0/s1. The molecule has 1 heterocycles.